The van der Waals surface area contributed by atoms with Gasteiger partial charge in [0.2, 0.25) is 0 Å². The zero-order valence-electron chi connectivity index (χ0n) is 17.3. The first-order valence-corrected chi connectivity index (χ1v) is 12.3. The molecule has 1 aliphatic heterocycles. The third kappa shape index (κ3) is 4.11. The van der Waals surface area contributed by atoms with Gasteiger partial charge in [-0.15, -0.1) is 0 Å². The van der Waals surface area contributed by atoms with Crippen molar-refractivity contribution in [3.05, 3.63) is 80.9 Å². The van der Waals surface area contributed by atoms with Gasteiger partial charge in [0.15, 0.2) is 8.57 Å². The summed E-state index contributed by atoms with van der Waals surface area (Å²) >= 11 is 6.72. The number of para-hydroxylation sites is 1. The molecule has 2 aromatic heterocycles. The first kappa shape index (κ1) is 23.0. The Morgan fingerprint density at radius 3 is 2.81 bits per heavy atom. The van der Waals surface area contributed by atoms with E-state index in [2.05, 4.69) is 43.5 Å². The summed E-state index contributed by atoms with van der Waals surface area (Å²) in [7, 11) is 1.56. The molecule has 1 aromatic carbocycles. The van der Waals surface area contributed by atoms with E-state index < -0.39 is 12.0 Å². The molecule has 0 saturated heterocycles. The van der Waals surface area contributed by atoms with Crippen LogP contribution in [0.4, 0.5) is 0 Å². The number of esters is 1. The Bertz CT molecular complexity index is 1400. The topological polar surface area (TPSA) is 83.0 Å². The number of thiazole rings is 1. The van der Waals surface area contributed by atoms with Crippen molar-refractivity contribution in [2.45, 2.75) is 19.9 Å². The first-order valence-electron chi connectivity index (χ1n) is 9.63. The molecule has 7 nitrogen and oxygen atoms in total. The van der Waals surface area contributed by atoms with Crippen molar-refractivity contribution in [3.63, 3.8) is 0 Å². The van der Waals surface area contributed by atoms with Crippen molar-refractivity contribution >= 4 is 61.9 Å². The predicted molar refractivity (Wildman–Crippen MR) is 133 cm³/mol. The Labute approximate surface area is 209 Å². The number of ether oxygens (including phenoxy) is 2. The Morgan fingerprint density at radius 1 is 1.41 bits per heavy atom. The molecular formula is C22H18BrIN2O5S. The van der Waals surface area contributed by atoms with Crippen molar-refractivity contribution in [2.24, 2.45) is 4.99 Å². The lowest BCUT2D eigenvalue weighted by atomic mass is 9.95. The Kier molecular flexibility index (Phi) is 6.72. The normalized spacial score (nSPS) is 16.0. The summed E-state index contributed by atoms with van der Waals surface area (Å²) in [6.45, 7) is 3.70. The van der Waals surface area contributed by atoms with Crippen LogP contribution in [0.15, 0.2) is 60.3 Å². The maximum absolute atomic E-state index is 13.5. The van der Waals surface area contributed by atoms with Gasteiger partial charge in [-0.25, -0.2) is 9.79 Å². The zero-order chi connectivity index (χ0) is 23.0. The van der Waals surface area contributed by atoms with Crippen LogP contribution in [-0.4, -0.2) is 24.3 Å². The van der Waals surface area contributed by atoms with E-state index in [9.17, 15) is 9.59 Å². The van der Waals surface area contributed by atoms with Gasteiger partial charge in [-0.1, -0.05) is 29.5 Å². The molecule has 10 heteroatoms. The van der Waals surface area contributed by atoms with Gasteiger partial charge >= 0.3 is 5.97 Å². The molecule has 1 atom stereocenters. The summed E-state index contributed by atoms with van der Waals surface area (Å²) in [4.78, 5) is 31.5. The smallest absolute Gasteiger partial charge is 0.338 e. The largest absolute Gasteiger partial charge is 0.496 e. The fourth-order valence-corrected chi connectivity index (χ4v) is 5.28. The number of rotatable bonds is 5. The van der Waals surface area contributed by atoms with Crippen LogP contribution in [0.5, 0.6) is 5.75 Å². The first-order chi connectivity index (χ1) is 15.3. The van der Waals surface area contributed by atoms with Gasteiger partial charge in [-0.2, -0.15) is 0 Å². The lowest BCUT2D eigenvalue weighted by Crippen LogP contribution is -2.40. The number of allylic oxidation sites excluding steroid dienone is 1. The van der Waals surface area contributed by atoms with Crippen LogP contribution in [-0.2, 0) is 9.53 Å². The zero-order valence-corrected chi connectivity index (χ0v) is 21.9. The van der Waals surface area contributed by atoms with Gasteiger partial charge in [0.25, 0.3) is 5.56 Å². The highest BCUT2D eigenvalue weighted by atomic mass is 127. The van der Waals surface area contributed by atoms with Crippen LogP contribution >= 0.6 is 49.9 Å². The number of carbonyl (C=O) groups excluding carboxylic acids is 1. The van der Waals surface area contributed by atoms with Crippen LogP contribution in [0.2, 0.25) is 0 Å². The summed E-state index contributed by atoms with van der Waals surface area (Å²) in [5, 5.41) is 0. The standard InChI is InChI=1S/C22H18BrIN2O5S/c1-4-30-21(28)17-11(2)25-22-26(18(17)13-7-5-6-8-15(13)29-3)20(27)16(32-22)10-12-9-14(23)19(24)31-12/h5-10,18H,4H2,1-3H3/b16-10+/t18-/m1/s1. The van der Waals surface area contributed by atoms with Gasteiger partial charge in [0.05, 0.1) is 34.0 Å². The molecule has 32 heavy (non-hydrogen) atoms. The van der Waals surface area contributed by atoms with E-state index in [1.807, 2.05) is 18.2 Å². The van der Waals surface area contributed by atoms with Gasteiger partial charge in [0, 0.05) is 34.2 Å². The Morgan fingerprint density at radius 2 is 2.16 bits per heavy atom. The van der Waals surface area contributed by atoms with Crippen LogP contribution in [0.1, 0.15) is 31.2 Å². The monoisotopic (exact) mass is 628 g/mol. The average molecular weight is 629 g/mol. The minimum atomic E-state index is -0.730. The molecule has 3 heterocycles. The van der Waals surface area contributed by atoms with Crippen molar-refractivity contribution < 1.29 is 18.7 Å². The molecule has 4 rings (SSSR count). The molecule has 0 amide bonds. The molecule has 0 unspecified atom stereocenters. The van der Waals surface area contributed by atoms with Crippen LogP contribution in [0, 0.1) is 3.77 Å². The summed E-state index contributed by atoms with van der Waals surface area (Å²) in [6, 6.07) is 8.38. The highest BCUT2D eigenvalue weighted by Gasteiger charge is 2.34. The summed E-state index contributed by atoms with van der Waals surface area (Å²) < 4.78 is 20.0. The van der Waals surface area contributed by atoms with Crippen LogP contribution in [0.3, 0.4) is 0 Å². The van der Waals surface area contributed by atoms with Crippen molar-refractivity contribution in [3.8, 4) is 5.75 Å². The minimum Gasteiger partial charge on any atom is -0.496 e. The lowest BCUT2D eigenvalue weighted by molar-refractivity contribution is -0.139. The van der Waals surface area contributed by atoms with Gasteiger partial charge in [-0.05, 0) is 41.9 Å². The molecule has 0 aliphatic carbocycles. The van der Waals surface area contributed by atoms with E-state index in [0.29, 0.717) is 41.4 Å². The third-order valence-corrected chi connectivity index (χ3v) is 8.00. The number of methoxy groups -OCH3 is 1. The van der Waals surface area contributed by atoms with E-state index in [-0.39, 0.29) is 12.2 Å². The molecular weight excluding hydrogens is 611 g/mol. The highest BCUT2D eigenvalue weighted by molar-refractivity contribution is 14.1. The van der Waals surface area contributed by atoms with Crippen molar-refractivity contribution in [1.29, 1.82) is 0 Å². The van der Waals surface area contributed by atoms with E-state index >= 15 is 0 Å². The van der Waals surface area contributed by atoms with E-state index in [1.54, 1.807) is 39.2 Å². The quantitative estimate of drug-likeness (QED) is 0.317. The van der Waals surface area contributed by atoms with Crippen LogP contribution < -0.4 is 19.6 Å². The van der Waals surface area contributed by atoms with E-state index in [1.165, 1.54) is 15.9 Å². The fraction of sp³-hybridized carbons (Fsp3) is 0.227. The average Bonchev–Trinajstić information content (AvgIpc) is 3.24. The number of aromatic nitrogens is 1. The number of benzene rings is 1. The van der Waals surface area contributed by atoms with Crippen molar-refractivity contribution in [2.75, 3.05) is 13.7 Å². The number of furan rings is 1. The predicted octanol–water partition coefficient (Wildman–Crippen LogP) is 3.77. The molecule has 3 aromatic rings. The molecule has 0 spiro atoms. The summed E-state index contributed by atoms with van der Waals surface area (Å²) in [5.74, 6) is 0.596. The van der Waals surface area contributed by atoms with Gasteiger partial charge in [0.1, 0.15) is 17.6 Å². The number of fused-ring (bicyclic) bond motifs is 1. The Balaban J connectivity index is 1.99. The molecule has 0 saturated carbocycles. The fourth-order valence-electron chi connectivity index (χ4n) is 3.54. The van der Waals surface area contributed by atoms with E-state index in [0.717, 1.165) is 4.47 Å². The maximum atomic E-state index is 13.5. The lowest BCUT2D eigenvalue weighted by Gasteiger charge is -2.25. The number of carbonyl (C=O) groups is 1. The van der Waals surface area contributed by atoms with Crippen LogP contribution in [0.25, 0.3) is 6.08 Å². The molecule has 166 valence electrons. The number of hydrogen-bond acceptors (Lipinski definition) is 7. The summed E-state index contributed by atoms with van der Waals surface area (Å²) in [6.07, 6.45) is 1.68. The second kappa shape index (κ2) is 9.36. The molecule has 0 fully saturated rings. The minimum absolute atomic E-state index is 0.213. The Hall–Kier alpha value is -2.18. The number of hydrogen-bond donors (Lipinski definition) is 0. The third-order valence-electron chi connectivity index (χ3n) is 4.89. The number of halogens is 2. The molecule has 0 radical (unpaired) electrons. The maximum Gasteiger partial charge on any atom is 0.338 e. The summed E-state index contributed by atoms with van der Waals surface area (Å²) in [5.41, 5.74) is 1.21. The van der Waals surface area contributed by atoms with E-state index in [4.69, 9.17) is 13.9 Å². The second-order valence-corrected chi connectivity index (χ2v) is 9.66. The van der Waals surface area contributed by atoms with Gasteiger partial charge < -0.3 is 13.9 Å². The van der Waals surface area contributed by atoms with Gasteiger partial charge in [-0.3, -0.25) is 9.36 Å². The highest BCUT2D eigenvalue weighted by Crippen LogP contribution is 2.35. The molecule has 1 aliphatic rings. The number of nitrogens with zero attached hydrogens (tertiary/aromatic N) is 2. The second-order valence-electron chi connectivity index (χ2n) is 6.81. The molecule has 0 bridgehead atoms. The van der Waals surface area contributed by atoms with Crippen molar-refractivity contribution in [1.82, 2.24) is 4.57 Å². The molecule has 0 N–H and O–H groups in total. The SMILES string of the molecule is CCOC(=O)C1=C(C)N=c2s/c(=C/c3cc(Br)c(I)o3)c(=O)n2[C@@H]1c1ccccc1OC.